The largest absolute Gasteiger partial charge is 0.505 e. The van der Waals surface area contributed by atoms with Gasteiger partial charge in [-0.1, -0.05) is 6.07 Å². The highest BCUT2D eigenvalue weighted by atomic mass is 19.1. The molecule has 0 aliphatic rings. The molecule has 13 heavy (non-hydrogen) atoms. The van der Waals surface area contributed by atoms with Crippen molar-refractivity contribution in [1.29, 1.82) is 0 Å². The van der Waals surface area contributed by atoms with Crippen LogP contribution < -0.4 is 5.90 Å². The summed E-state index contributed by atoms with van der Waals surface area (Å²) >= 11 is 0. The predicted octanol–water partition coefficient (Wildman–Crippen LogP) is 1.27. The molecule has 1 rings (SSSR count). The zero-order valence-corrected chi connectivity index (χ0v) is 7.38. The lowest BCUT2D eigenvalue weighted by Crippen LogP contribution is -2.05. The van der Waals surface area contributed by atoms with Gasteiger partial charge in [-0.15, -0.1) is 0 Å². The van der Waals surface area contributed by atoms with Gasteiger partial charge in [0.25, 0.3) is 0 Å². The van der Waals surface area contributed by atoms with Gasteiger partial charge in [0, 0.05) is 12.0 Å². The Kier molecular flexibility index (Phi) is 3.22. The highest BCUT2D eigenvalue weighted by Gasteiger charge is 2.09. The van der Waals surface area contributed by atoms with E-state index < -0.39 is 5.82 Å². The fraction of sp³-hybridized carbons (Fsp3) is 0.333. The second-order valence-corrected chi connectivity index (χ2v) is 2.81. The molecule has 0 unspecified atom stereocenters. The molecule has 1 aromatic rings. The van der Waals surface area contributed by atoms with Gasteiger partial charge in [0.05, 0.1) is 6.61 Å². The molecular formula is C9H12FNO2. The first-order valence-corrected chi connectivity index (χ1v) is 3.95. The van der Waals surface area contributed by atoms with E-state index in [-0.39, 0.29) is 12.4 Å². The highest BCUT2D eigenvalue weighted by Crippen LogP contribution is 2.24. The number of phenols is 1. The van der Waals surface area contributed by atoms with Crippen LogP contribution in [0.2, 0.25) is 0 Å². The normalized spacial score (nSPS) is 10.4. The number of hydrogen-bond acceptors (Lipinski definition) is 3. The van der Waals surface area contributed by atoms with Crippen molar-refractivity contribution in [3.63, 3.8) is 0 Å². The first-order chi connectivity index (χ1) is 6.16. The molecule has 1 aromatic carbocycles. The van der Waals surface area contributed by atoms with E-state index in [0.717, 1.165) is 5.56 Å². The summed E-state index contributed by atoms with van der Waals surface area (Å²) in [6.45, 7) is 2.06. The van der Waals surface area contributed by atoms with Crippen molar-refractivity contribution in [2.75, 3.05) is 6.61 Å². The molecule has 0 spiro atoms. The summed E-state index contributed by atoms with van der Waals surface area (Å²) < 4.78 is 12.9. The minimum Gasteiger partial charge on any atom is -0.505 e. The topological polar surface area (TPSA) is 55.5 Å². The quantitative estimate of drug-likeness (QED) is 0.697. The molecule has 72 valence electrons. The molecule has 0 heterocycles. The molecule has 0 atom stereocenters. The number of aromatic hydroxyl groups is 1. The number of phenolic OH excluding ortho intramolecular Hbond substituents is 1. The number of rotatable bonds is 3. The van der Waals surface area contributed by atoms with Crippen LogP contribution in [0.25, 0.3) is 0 Å². The van der Waals surface area contributed by atoms with Crippen LogP contribution in [0.1, 0.15) is 11.1 Å². The Labute approximate surface area is 75.9 Å². The average Bonchev–Trinajstić information content (AvgIpc) is 2.12. The van der Waals surface area contributed by atoms with Crippen molar-refractivity contribution in [2.45, 2.75) is 13.3 Å². The third-order valence-electron chi connectivity index (χ3n) is 1.94. The number of halogens is 1. The van der Waals surface area contributed by atoms with E-state index in [9.17, 15) is 9.50 Å². The zero-order chi connectivity index (χ0) is 9.84. The summed E-state index contributed by atoms with van der Waals surface area (Å²) in [5, 5.41) is 9.33. The van der Waals surface area contributed by atoms with Crippen LogP contribution in [0.5, 0.6) is 5.75 Å². The van der Waals surface area contributed by atoms with Crippen LogP contribution in [-0.4, -0.2) is 11.7 Å². The Hall–Kier alpha value is -1.13. The molecule has 0 saturated heterocycles. The van der Waals surface area contributed by atoms with Crippen molar-refractivity contribution < 1.29 is 14.3 Å². The molecule has 4 heteroatoms. The van der Waals surface area contributed by atoms with Gasteiger partial charge in [0.2, 0.25) is 0 Å². The van der Waals surface area contributed by atoms with Crippen LogP contribution in [-0.2, 0) is 11.3 Å². The van der Waals surface area contributed by atoms with Gasteiger partial charge in [-0.25, -0.2) is 10.3 Å². The van der Waals surface area contributed by atoms with Crippen LogP contribution >= 0.6 is 0 Å². The van der Waals surface area contributed by atoms with E-state index in [1.54, 1.807) is 13.0 Å². The summed E-state index contributed by atoms with van der Waals surface area (Å²) in [6, 6.07) is 2.85. The Bertz CT molecular complexity index is 302. The summed E-state index contributed by atoms with van der Waals surface area (Å²) in [5.74, 6) is 3.92. The van der Waals surface area contributed by atoms with E-state index in [4.69, 9.17) is 5.90 Å². The third kappa shape index (κ3) is 2.17. The molecule has 0 aliphatic carbocycles. The molecule has 0 aromatic heterocycles. The number of aryl methyl sites for hydroxylation is 1. The number of hydrogen-bond donors (Lipinski definition) is 2. The van der Waals surface area contributed by atoms with Crippen molar-refractivity contribution in [3.05, 3.63) is 29.1 Å². The molecule has 0 saturated carbocycles. The molecule has 0 aliphatic heterocycles. The third-order valence-corrected chi connectivity index (χ3v) is 1.94. The SMILES string of the molecule is Cc1ccc(F)c(O)c1CCON. The first-order valence-electron chi connectivity index (χ1n) is 3.95. The molecule has 0 bridgehead atoms. The summed E-state index contributed by atoms with van der Waals surface area (Å²) in [4.78, 5) is 4.36. The Morgan fingerprint density at radius 1 is 1.54 bits per heavy atom. The van der Waals surface area contributed by atoms with Crippen molar-refractivity contribution in [2.24, 2.45) is 5.90 Å². The second-order valence-electron chi connectivity index (χ2n) is 2.81. The van der Waals surface area contributed by atoms with E-state index in [2.05, 4.69) is 4.84 Å². The molecule has 0 amide bonds. The fourth-order valence-electron chi connectivity index (χ4n) is 1.19. The van der Waals surface area contributed by atoms with Gasteiger partial charge in [0.1, 0.15) is 0 Å². The first kappa shape index (κ1) is 9.95. The zero-order valence-electron chi connectivity index (χ0n) is 7.38. The van der Waals surface area contributed by atoms with Crippen LogP contribution in [0.15, 0.2) is 12.1 Å². The predicted molar refractivity (Wildman–Crippen MR) is 46.6 cm³/mol. The minimum absolute atomic E-state index is 0.262. The van der Waals surface area contributed by atoms with Crippen molar-refractivity contribution in [3.8, 4) is 5.75 Å². The monoisotopic (exact) mass is 185 g/mol. The maximum atomic E-state index is 12.9. The van der Waals surface area contributed by atoms with Gasteiger partial charge in [-0.3, -0.25) is 0 Å². The van der Waals surface area contributed by atoms with Gasteiger partial charge in [-0.2, -0.15) is 0 Å². The minimum atomic E-state index is -0.613. The number of benzene rings is 1. The van der Waals surface area contributed by atoms with Gasteiger partial charge < -0.3 is 9.94 Å². The van der Waals surface area contributed by atoms with E-state index >= 15 is 0 Å². The molecule has 0 radical (unpaired) electrons. The Morgan fingerprint density at radius 3 is 2.85 bits per heavy atom. The highest BCUT2D eigenvalue weighted by molar-refractivity contribution is 5.39. The molecule has 3 N–H and O–H groups in total. The summed E-state index contributed by atoms with van der Waals surface area (Å²) in [6.07, 6.45) is 0.409. The average molecular weight is 185 g/mol. The Morgan fingerprint density at radius 2 is 2.23 bits per heavy atom. The van der Waals surface area contributed by atoms with Crippen molar-refractivity contribution >= 4 is 0 Å². The maximum Gasteiger partial charge on any atom is 0.165 e. The lowest BCUT2D eigenvalue weighted by Gasteiger charge is -2.07. The lowest BCUT2D eigenvalue weighted by atomic mass is 10.0. The second kappa shape index (κ2) is 4.20. The van der Waals surface area contributed by atoms with E-state index in [1.807, 2.05) is 0 Å². The van der Waals surface area contributed by atoms with Gasteiger partial charge in [-0.05, 0) is 18.6 Å². The summed E-state index contributed by atoms with van der Waals surface area (Å²) in [7, 11) is 0. The van der Waals surface area contributed by atoms with Gasteiger partial charge in [0.15, 0.2) is 11.6 Å². The lowest BCUT2D eigenvalue weighted by molar-refractivity contribution is 0.140. The smallest absolute Gasteiger partial charge is 0.165 e. The van der Waals surface area contributed by atoms with E-state index in [0.29, 0.717) is 12.0 Å². The van der Waals surface area contributed by atoms with Crippen LogP contribution in [0.4, 0.5) is 4.39 Å². The number of nitrogens with two attached hydrogens (primary N) is 1. The van der Waals surface area contributed by atoms with Crippen LogP contribution in [0, 0.1) is 12.7 Å². The van der Waals surface area contributed by atoms with Crippen LogP contribution in [0.3, 0.4) is 0 Å². The standard InChI is InChI=1S/C9H12FNO2/c1-6-2-3-8(10)9(12)7(6)4-5-13-11/h2-3,12H,4-5,11H2,1H3. The van der Waals surface area contributed by atoms with Crippen molar-refractivity contribution in [1.82, 2.24) is 0 Å². The maximum absolute atomic E-state index is 12.9. The molecular weight excluding hydrogens is 173 g/mol. The van der Waals surface area contributed by atoms with E-state index in [1.165, 1.54) is 6.07 Å². The van der Waals surface area contributed by atoms with Gasteiger partial charge >= 0.3 is 0 Å². The molecule has 0 fully saturated rings. The summed E-state index contributed by atoms with van der Waals surface area (Å²) in [5.41, 5.74) is 1.38. The fourth-order valence-corrected chi connectivity index (χ4v) is 1.19. The Balaban J connectivity index is 2.96. The molecule has 3 nitrogen and oxygen atoms in total.